The van der Waals surface area contributed by atoms with Gasteiger partial charge in [0.05, 0.1) is 11.1 Å². The molecule has 3 aromatic rings. The Hall–Kier alpha value is -2.36. The van der Waals surface area contributed by atoms with E-state index in [2.05, 4.69) is 48.1 Å². The number of aryl methyl sites for hydroxylation is 2. The minimum Gasteiger partial charge on any atom is -0.384 e. The van der Waals surface area contributed by atoms with Gasteiger partial charge in [-0.2, -0.15) is 5.10 Å². The van der Waals surface area contributed by atoms with Gasteiger partial charge in [-0.15, -0.1) is 0 Å². The summed E-state index contributed by atoms with van der Waals surface area (Å²) in [5.41, 5.74) is 12.2. The molecule has 3 rings (SSSR count). The van der Waals surface area contributed by atoms with Crippen LogP contribution in [0.3, 0.4) is 0 Å². The van der Waals surface area contributed by atoms with Gasteiger partial charge in [0.2, 0.25) is 0 Å². The zero-order valence-electron chi connectivity index (χ0n) is 11.3. The number of hydrogen-bond donors (Lipinski definition) is 2. The van der Waals surface area contributed by atoms with Crippen LogP contribution < -0.4 is 5.73 Å². The molecular weight excluding hydrogens is 236 g/mol. The molecule has 0 amide bonds. The number of pyridine rings is 1. The molecule has 0 radical (unpaired) electrons. The summed E-state index contributed by atoms with van der Waals surface area (Å²) < 4.78 is 0. The highest BCUT2D eigenvalue weighted by Crippen LogP contribution is 2.31. The molecule has 0 unspecified atom stereocenters. The summed E-state index contributed by atoms with van der Waals surface area (Å²) in [6.45, 7) is 6.23. The highest BCUT2D eigenvalue weighted by molar-refractivity contribution is 5.92. The maximum Gasteiger partial charge on any atom is 0.183 e. The number of hydrogen-bond acceptors (Lipinski definition) is 3. The number of benzene rings is 1. The van der Waals surface area contributed by atoms with Crippen LogP contribution in [0.15, 0.2) is 24.3 Å². The van der Waals surface area contributed by atoms with Crippen molar-refractivity contribution in [1.29, 1.82) is 0 Å². The minimum absolute atomic E-state index is 0.583. The van der Waals surface area contributed by atoms with E-state index in [-0.39, 0.29) is 0 Å². The van der Waals surface area contributed by atoms with Gasteiger partial charge in [-0.1, -0.05) is 24.3 Å². The molecule has 0 fully saturated rings. The molecule has 0 atom stereocenters. The van der Waals surface area contributed by atoms with E-state index >= 15 is 0 Å². The first kappa shape index (κ1) is 11.7. The van der Waals surface area contributed by atoms with E-state index in [1.807, 2.05) is 12.1 Å². The third-order valence-electron chi connectivity index (χ3n) is 3.69. The fourth-order valence-corrected chi connectivity index (χ4v) is 2.45. The van der Waals surface area contributed by atoms with Crippen molar-refractivity contribution in [3.63, 3.8) is 0 Å². The van der Waals surface area contributed by atoms with Gasteiger partial charge in [0.25, 0.3) is 0 Å². The van der Waals surface area contributed by atoms with Crippen molar-refractivity contribution in [1.82, 2.24) is 15.2 Å². The van der Waals surface area contributed by atoms with E-state index < -0.39 is 0 Å². The lowest BCUT2D eigenvalue weighted by Crippen LogP contribution is -1.96. The van der Waals surface area contributed by atoms with Crippen LogP contribution in [0.1, 0.15) is 16.7 Å². The van der Waals surface area contributed by atoms with E-state index in [0.29, 0.717) is 11.5 Å². The summed E-state index contributed by atoms with van der Waals surface area (Å²) in [5, 5.41) is 7.90. The first-order chi connectivity index (χ1) is 9.09. The van der Waals surface area contributed by atoms with Crippen LogP contribution in [0.25, 0.3) is 22.3 Å². The topological polar surface area (TPSA) is 67.6 Å². The van der Waals surface area contributed by atoms with Crippen molar-refractivity contribution >= 4 is 16.9 Å². The second kappa shape index (κ2) is 4.09. The van der Waals surface area contributed by atoms with Gasteiger partial charge in [-0.3, -0.25) is 5.10 Å². The van der Waals surface area contributed by atoms with E-state index in [9.17, 15) is 0 Å². The predicted octanol–water partition coefficient (Wildman–Crippen LogP) is 3.13. The number of nitrogens with two attached hydrogens (primary N) is 1. The maximum atomic E-state index is 5.91. The van der Waals surface area contributed by atoms with Crippen molar-refractivity contribution in [2.75, 3.05) is 5.73 Å². The minimum atomic E-state index is 0.583. The third kappa shape index (κ3) is 1.68. The van der Waals surface area contributed by atoms with Gasteiger partial charge in [0, 0.05) is 5.56 Å². The van der Waals surface area contributed by atoms with E-state index in [0.717, 1.165) is 27.8 Å². The van der Waals surface area contributed by atoms with Crippen LogP contribution in [0.2, 0.25) is 0 Å². The lowest BCUT2D eigenvalue weighted by atomic mass is 9.98. The van der Waals surface area contributed by atoms with Crippen molar-refractivity contribution in [2.24, 2.45) is 0 Å². The van der Waals surface area contributed by atoms with Gasteiger partial charge < -0.3 is 5.73 Å². The number of H-pyrrole nitrogens is 1. The van der Waals surface area contributed by atoms with E-state index in [1.54, 1.807) is 0 Å². The fourth-order valence-electron chi connectivity index (χ4n) is 2.45. The molecule has 0 saturated carbocycles. The molecule has 19 heavy (non-hydrogen) atoms. The van der Waals surface area contributed by atoms with Crippen molar-refractivity contribution < 1.29 is 0 Å². The van der Waals surface area contributed by atoms with Gasteiger partial charge in [0.15, 0.2) is 5.65 Å². The van der Waals surface area contributed by atoms with Crippen LogP contribution >= 0.6 is 0 Å². The first-order valence-electron chi connectivity index (χ1n) is 6.26. The lowest BCUT2D eigenvalue weighted by molar-refractivity contribution is 1.10. The third-order valence-corrected chi connectivity index (χ3v) is 3.69. The Kier molecular flexibility index (Phi) is 2.52. The van der Waals surface area contributed by atoms with Crippen LogP contribution in [0.4, 0.5) is 5.82 Å². The highest BCUT2D eigenvalue weighted by atomic mass is 15.2. The number of aromatic amines is 1. The summed E-state index contributed by atoms with van der Waals surface area (Å²) in [7, 11) is 0. The Morgan fingerprint density at radius 2 is 1.79 bits per heavy atom. The van der Waals surface area contributed by atoms with Crippen molar-refractivity contribution in [2.45, 2.75) is 20.8 Å². The van der Waals surface area contributed by atoms with Crippen LogP contribution in [0, 0.1) is 20.8 Å². The summed E-state index contributed by atoms with van der Waals surface area (Å²) in [6, 6.07) is 8.24. The Morgan fingerprint density at radius 1 is 1.05 bits per heavy atom. The monoisotopic (exact) mass is 252 g/mol. The molecule has 2 heterocycles. The summed E-state index contributed by atoms with van der Waals surface area (Å²) >= 11 is 0. The number of nitrogen functional groups attached to an aromatic ring is 1. The molecule has 96 valence electrons. The normalized spacial score (nSPS) is 11.1. The first-order valence-corrected chi connectivity index (χ1v) is 6.26. The Balaban J connectivity index is 2.37. The zero-order valence-corrected chi connectivity index (χ0v) is 11.3. The SMILES string of the molecule is Cc1ccccc1-c1nc2n[nH]c(N)c2c(C)c1C. The Morgan fingerprint density at radius 3 is 2.53 bits per heavy atom. The summed E-state index contributed by atoms with van der Waals surface area (Å²) in [6.07, 6.45) is 0. The molecule has 0 aliphatic rings. The number of anilines is 1. The average molecular weight is 252 g/mol. The molecule has 2 aromatic heterocycles. The Bertz CT molecular complexity index is 771. The largest absolute Gasteiger partial charge is 0.384 e. The van der Waals surface area contributed by atoms with Crippen molar-refractivity contribution in [3.05, 3.63) is 41.0 Å². The molecule has 4 nitrogen and oxygen atoms in total. The molecule has 0 aliphatic carbocycles. The number of nitrogens with one attached hydrogen (secondary N) is 1. The Labute approximate surface area is 111 Å². The molecule has 0 bridgehead atoms. The van der Waals surface area contributed by atoms with Crippen LogP contribution in [0.5, 0.6) is 0 Å². The second-order valence-electron chi connectivity index (χ2n) is 4.86. The number of fused-ring (bicyclic) bond motifs is 1. The van der Waals surface area contributed by atoms with Gasteiger partial charge >= 0.3 is 0 Å². The lowest BCUT2D eigenvalue weighted by Gasteiger charge is -2.11. The molecule has 3 N–H and O–H groups in total. The standard InChI is InChI=1S/C15H16N4/c1-8-6-4-5-7-11(8)13-10(3)9(2)12-14(16)18-19-15(12)17-13/h4-7H,1-3H3,(H3,16,17,18,19). The smallest absolute Gasteiger partial charge is 0.183 e. The molecule has 1 aromatic carbocycles. The quantitative estimate of drug-likeness (QED) is 0.699. The zero-order chi connectivity index (χ0) is 13.6. The van der Waals surface area contributed by atoms with Gasteiger partial charge in [-0.05, 0) is 37.5 Å². The molecule has 0 aliphatic heterocycles. The van der Waals surface area contributed by atoms with E-state index in [4.69, 9.17) is 5.73 Å². The highest BCUT2D eigenvalue weighted by Gasteiger charge is 2.15. The summed E-state index contributed by atoms with van der Waals surface area (Å²) in [5.74, 6) is 0.583. The van der Waals surface area contributed by atoms with Gasteiger partial charge in [0.1, 0.15) is 5.82 Å². The predicted molar refractivity (Wildman–Crippen MR) is 77.9 cm³/mol. The fraction of sp³-hybridized carbons (Fsp3) is 0.200. The second-order valence-corrected chi connectivity index (χ2v) is 4.86. The average Bonchev–Trinajstić information content (AvgIpc) is 2.76. The maximum absolute atomic E-state index is 5.91. The van der Waals surface area contributed by atoms with Gasteiger partial charge in [-0.25, -0.2) is 4.98 Å². The van der Waals surface area contributed by atoms with Crippen LogP contribution in [-0.2, 0) is 0 Å². The molecular formula is C15H16N4. The number of nitrogens with zero attached hydrogens (tertiary/aromatic N) is 2. The summed E-state index contributed by atoms with van der Waals surface area (Å²) in [4.78, 5) is 4.67. The number of aromatic nitrogens is 3. The molecule has 0 saturated heterocycles. The van der Waals surface area contributed by atoms with Crippen LogP contribution in [-0.4, -0.2) is 15.2 Å². The molecule has 0 spiro atoms. The molecule has 4 heteroatoms. The van der Waals surface area contributed by atoms with Crippen molar-refractivity contribution in [3.8, 4) is 11.3 Å². The van der Waals surface area contributed by atoms with E-state index in [1.165, 1.54) is 5.56 Å². The number of rotatable bonds is 1.